The highest BCUT2D eigenvalue weighted by Gasteiger charge is 2.67. The quantitative estimate of drug-likeness (QED) is 0.718. The third kappa shape index (κ3) is 3.05. The Morgan fingerprint density at radius 2 is 2.16 bits per heavy atom. The SMILES string of the molecule is CC[C@H](NC(=O)[C@@H]1[C@H]2C=C[C@@]3(CN(c4cc(C)on4)C(=O)[C@@H]13)O2)c1ccc(OC)cc1. The molecule has 0 unspecified atom stereocenters. The first-order valence-corrected chi connectivity index (χ1v) is 10.5. The third-order valence-corrected chi connectivity index (χ3v) is 6.54. The number of carbonyl (C=O) groups is 2. The van der Waals surface area contributed by atoms with Crippen LogP contribution in [0.2, 0.25) is 0 Å². The normalized spacial score (nSPS) is 29.3. The maximum absolute atomic E-state index is 13.4. The van der Waals surface area contributed by atoms with E-state index in [4.69, 9.17) is 14.0 Å². The van der Waals surface area contributed by atoms with Gasteiger partial charge in [0, 0.05) is 6.07 Å². The molecule has 0 radical (unpaired) electrons. The fourth-order valence-electron chi connectivity index (χ4n) is 5.00. The van der Waals surface area contributed by atoms with Crippen molar-refractivity contribution in [3.05, 3.63) is 53.8 Å². The van der Waals surface area contributed by atoms with Crippen molar-refractivity contribution in [3.63, 3.8) is 0 Å². The monoisotopic (exact) mass is 423 g/mol. The lowest BCUT2D eigenvalue weighted by molar-refractivity contribution is -0.132. The first-order chi connectivity index (χ1) is 15.0. The predicted molar refractivity (Wildman–Crippen MR) is 111 cm³/mol. The lowest BCUT2D eigenvalue weighted by Gasteiger charge is -2.26. The molecule has 1 aromatic carbocycles. The van der Waals surface area contributed by atoms with Gasteiger partial charge in [-0.05, 0) is 31.0 Å². The second-order valence-corrected chi connectivity index (χ2v) is 8.36. The van der Waals surface area contributed by atoms with E-state index in [0.717, 1.165) is 17.7 Å². The van der Waals surface area contributed by atoms with Gasteiger partial charge in [-0.15, -0.1) is 0 Å². The summed E-state index contributed by atoms with van der Waals surface area (Å²) < 4.78 is 16.5. The van der Waals surface area contributed by atoms with E-state index in [1.807, 2.05) is 43.3 Å². The molecule has 3 aliphatic heterocycles. The summed E-state index contributed by atoms with van der Waals surface area (Å²) in [6.07, 6.45) is 4.15. The number of amides is 2. The van der Waals surface area contributed by atoms with Gasteiger partial charge in [-0.3, -0.25) is 14.5 Å². The first kappa shape index (κ1) is 19.8. The number of methoxy groups -OCH3 is 1. The van der Waals surface area contributed by atoms with Crippen LogP contribution in [0, 0.1) is 18.8 Å². The van der Waals surface area contributed by atoms with Crippen LogP contribution in [0.15, 0.2) is 47.0 Å². The average Bonchev–Trinajstić information content (AvgIpc) is 3.53. The number of nitrogens with zero attached hydrogens (tertiary/aromatic N) is 2. The molecule has 1 spiro atoms. The predicted octanol–water partition coefficient (Wildman–Crippen LogP) is 2.55. The maximum atomic E-state index is 13.4. The fraction of sp³-hybridized carbons (Fsp3) is 0.435. The molecular weight excluding hydrogens is 398 g/mol. The van der Waals surface area contributed by atoms with Crippen molar-refractivity contribution in [2.24, 2.45) is 11.8 Å². The van der Waals surface area contributed by atoms with Crippen LogP contribution in [0.3, 0.4) is 0 Å². The molecule has 0 aliphatic carbocycles. The van der Waals surface area contributed by atoms with Gasteiger partial charge in [0.15, 0.2) is 5.82 Å². The molecule has 5 atom stereocenters. The molecule has 5 rings (SSSR count). The minimum absolute atomic E-state index is 0.155. The average molecular weight is 423 g/mol. The minimum Gasteiger partial charge on any atom is -0.497 e. The highest BCUT2D eigenvalue weighted by molar-refractivity contribution is 6.02. The fourth-order valence-corrected chi connectivity index (χ4v) is 5.00. The second kappa shape index (κ2) is 7.23. The van der Waals surface area contributed by atoms with Crippen molar-refractivity contribution in [1.82, 2.24) is 10.5 Å². The summed E-state index contributed by atoms with van der Waals surface area (Å²) in [6.45, 7) is 4.12. The smallest absolute Gasteiger partial charge is 0.235 e. The van der Waals surface area contributed by atoms with Crippen molar-refractivity contribution in [2.45, 2.75) is 38.0 Å². The van der Waals surface area contributed by atoms with Crippen molar-refractivity contribution >= 4 is 17.6 Å². The number of hydrogen-bond donors (Lipinski definition) is 1. The lowest BCUT2D eigenvalue weighted by atomic mass is 9.76. The van der Waals surface area contributed by atoms with Crippen LogP contribution in [-0.2, 0) is 14.3 Å². The van der Waals surface area contributed by atoms with E-state index in [0.29, 0.717) is 18.1 Å². The topological polar surface area (TPSA) is 93.9 Å². The summed E-state index contributed by atoms with van der Waals surface area (Å²) in [5.74, 6) is 0.357. The second-order valence-electron chi connectivity index (χ2n) is 8.36. The Kier molecular flexibility index (Phi) is 4.62. The molecule has 2 aromatic rings. The van der Waals surface area contributed by atoms with E-state index in [1.165, 1.54) is 0 Å². The van der Waals surface area contributed by atoms with Gasteiger partial charge in [-0.25, -0.2) is 0 Å². The molecule has 8 nitrogen and oxygen atoms in total. The zero-order valence-corrected chi connectivity index (χ0v) is 17.7. The van der Waals surface area contributed by atoms with Gasteiger partial charge in [-0.1, -0.05) is 36.4 Å². The van der Waals surface area contributed by atoms with Crippen LogP contribution >= 0.6 is 0 Å². The van der Waals surface area contributed by atoms with E-state index in [2.05, 4.69) is 10.5 Å². The number of fused-ring (bicyclic) bond motifs is 1. The van der Waals surface area contributed by atoms with E-state index in [-0.39, 0.29) is 17.9 Å². The number of ether oxygens (including phenoxy) is 2. The molecule has 1 N–H and O–H groups in total. The number of aromatic nitrogens is 1. The molecule has 162 valence electrons. The molecule has 2 bridgehead atoms. The molecule has 3 aliphatic rings. The Morgan fingerprint density at radius 3 is 2.81 bits per heavy atom. The Morgan fingerprint density at radius 1 is 1.39 bits per heavy atom. The number of benzene rings is 1. The maximum Gasteiger partial charge on any atom is 0.235 e. The van der Waals surface area contributed by atoms with Crippen molar-refractivity contribution in [3.8, 4) is 5.75 Å². The van der Waals surface area contributed by atoms with Crippen LogP contribution < -0.4 is 15.0 Å². The molecule has 4 heterocycles. The summed E-state index contributed by atoms with van der Waals surface area (Å²) in [4.78, 5) is 28.3. The minimum atomic E-state index is -0.793. The standard InChI is InChI=1S/C23H25N3O5/c1-4-16(14-5-7-15(29-3)8-6-14)24-21(27)19-17-9-10-23(30-17)12-26(22(28)20(19)23)18-11-13(2)31-25-18/h5-11,16-17,19-20H,4,12H2,1-3H3,(H,24,27)/t16-,17+,19+,20+,23-/m0/s1. The largest absolute Gasteiger partial charge is 0.497 e. The Bertz CT molecular complexity index is 1050. The first-order valence-electron chi connectivity index (χ1n) is 10.5. The van der Waals surface area contributed by atoms with Gasteiger partial charge in [0.05, 0.1) is 37.6 Å². The summed E-state index contributed by atoms with van der Waals surface area (Å²) in [5, 5.41) is 7.12. The van der Waals surface area contributed by atoms with Gasteiger partial charge in [-0.2, -0.15) is 0 Å². The molecule has 0 saturated carbocycles. The van der Waals surface area contributed by atoms with E-state index < -0.39 is 23.5 Å². The highest BCUT2D eigenvalue weighted by Crippen LogP contribution is 2.52. The molecule has 2 amide bonds. The number of carbonyl (C=O) groups excluding carboxylic acids is 2. The zero-order chi connectivity index (χ0) is 21.8. The third-order valence-electron chi connectivity index (χ3n) is 6.54. The van der Waals surface area contributed by atoms with Crippen molar-refractivity contribution in [2.75, 3.05) is 18.6 Å². The zero-order valence-electron chi connectivity index (χ0n) is 17.7. The van der Waals surface area contributed by atoms with Crippen LogP contribution in [0.4, 0.5) is 5.82 Å². The summed E-state index contributed by atoms with van der Waals surface area (Å²) in [5.41, 5.74) is 0.196. The van der Waals surface area contributed by atoms with E-state index in [9.17, 15) is 9.59 Å². The van der Waals surface area contributed by atoms with E-state index >= 15 is 0 Å². The van der Waals surface area contributed by atoms with Gasteiger partial charge in [0.25, 0.3) is 0 Å². The lowest BCUT2D eigenvalue weighted by Crippen LogP contribution is -2.45. The number of rotatable bonds is 6. The molecule has 2 fully saturated rings. The van der Waals surface area contributed by atoms with Crippen LogP contribution in [0.25, 0.3) is 0 Å². The number of hydrogen-bond acceptors (Lipinski definition) is 6. The summed E-state index contributed by atoms with van der Waals surface area (Å²) in [7, 11) is 1.62. The molecule has 1 aromatic heterocycles. The molecule has 8 heteroatoms. The molecular formula is C23H25N3O5. The van der Waals surface area contributed by atoms with Gasteiger partial charge in [0.1, 0.15) is 17.1 Å². The van der Waals surface area contributed by atoms with Crippen molar-refractivity contribution < 1.29 is 23.6 Å². The molecule has 2 saturated heterocycles. The Hall–Kier alpha value is -3.13. The van der Waals surface area contributed by atoms with Crippen LogP contribution in [0.5, 0.6) is 5.75 Å². The molecule has 31 heavy (non-hydrogen) atoms. The van der Waals surface area contributed by atoms with Crippen LogP contribution in [0.1, 0.15) is 30.7 Å². The van der Waals surface area contributed by atoms with Gasteiger partial charge >= 0.3 is 0 Å². The Labute approximate surface area is 180 Å². The highest BCUT2D eigenvalue weighted by atomic mass is 16.5. The van der Waals surface area contributed by atoms with Gasteiger partial charge in [0.2, 0.25) is 11.8 Å². The number of nitrogens with one attached hydrogen (secondary N) is 1. The Balaban J connectivity index is 1.38. The number of aryl methyl sites for hydroxylation is 1. The van der Waals surface area contributed by atoms with Crippen LogP contribution in [-0.4, -0.2) is 42.3 Å². The summed E-state index contributed by atoms with van der Waals surface area (Å²) >= 11 is 0. The number of anilines is 1. The van der Waals surface area contributed by atoms with Gasteiger partial charge < -0.3 is 19.3 Å². The van der Waals surface area contributed by atoms with Crippen molar-refractivity contribution in [1.29, 1.82) is 0 Å². The van der Waals surface area contributed by atoms with E-state index in [1.54, 1.807) is 25.0 Å². The summed E-state index contributed by atoms with van der Waals surface area (Å²) in [6, 6.07) is 9.20.